The van der Waals surface area contributed by atoms with Gasteiger partial charge in [0.25, 0.3) is 0 Å². The van der Waals surface area contributed by atoms with Gasteiger partial charge in [-0.3, -0.25) is 14.7 Å². The zero-order valence-corrected chi connectivity index (χ0v) is 19.2. The zero-order valence-electron chi connectivity index (χ0n) is 17.6. The fourth-order valence-electron chi connectivity index (χ4n) is 3.82. The maximum atomic E-state index is 14.7. The number of halogens is 2. The molecule has 0 saturated carbocycles. The summed E-state index contributed by atoms with van der Waals surface area (Å²) in [5, 5.41) is 5.99. The smallest absolute Gasteiger partial charge is 0.226 e. The van der Waals surface area contributed by atoms with E-state index in [1.54, 1.807) is 24.5 Å². The van der Waals surface area contributed by atoms with Crippen molar-refractivity contribution in [2.75, 3.05) is 26.2 Å². The van der Waals surface area contributed by atoms with Crippen molar-refractivity contribution in [3.05, 3.63) is 70.2 Å². The second kappa shape index (κ2) is 10.5. The molecule has 3 aromatic rings. The summed E-state index contributed by atoms with van der Waals surface area (Å²) in [5.74, 6) is -0.552. The predicted octanol–water partition coefficient (Wildman–Crippen LogP) is 4.12. The lowest BCUT2D eigenvalue weighted by atomic mass is 10.0. The summed E-state index contributed by atoms with van der Waals surface area (Å²) in [6.45, 7) is 4.04. The molecule has 1 saturated heterocycles. The largest absolute Gasteiger partial charge is 0.376 e. The molecule has 1 aliphatic heterocycles. The van der Waals surface area contributed by atoms with Crippen LogP contribution in [0.4, 0.5) is 4.39 Å². The van der Waals surface area contributed by atoms with E-state index in [0.717, 1.165) is 10.6 Å². The molecule has 1 N–H and O–H groups in total. The lowest BCUT2D eigenvalue weighted by molar-refractivity contribution is -0.120. The molecule has 32 heavy (non-hydrogen) atoms. The molecule has 1 fully saturated rings. The van der Waals surface area contributed by atoms with Crippen LogP contribution in [0.5, 0.6) is 0 Å². The second-order valence-electron chi connectivity index (χ2n) is 7.69. The molecule has 1 amide bonds. The fourth-order valence-corrected chi connectivity index (χ4v) is 4.92. The number of amides is 1. The van der Waals surface area contributed by atoms with Crippen molar-refractivity contribution in [2.45, 2.75) is 25.5 Å². The van der Waals surface area contributed by atoms with Crippen LogP contribution < -0.4 is 5.32 Å². The first-order valence-corrected chi connectivity index (χ1v) is 11.7. The monoisotopic (exact) mass is 474 g/mol. The van der Waals surface area contributed by atoms with E-state index in [1.807, 2.05) is 24.4 Å². The number of ether oxygens (including phenoxy) is 1. The van der Waals surface area contributed by atoms with E-state index in [2.05, 4.69) is 20.2 Å². The normalized spacial score (nSPS) is 17.8. The molecule has 2 unspecified atom stereocenters. The molecular weight excluding hydrogens is 451 g/mol. The van der Waals surface area contributed by atoms with Gasteiger partial charge in [-0.05, 0) is 31.2 Å². The van der Waals surface area contributed by atoms with Crippen molar-refractivity contribution in [1.82, 2.24) is 20.2 Å². The topological polar surface area (TPSA) is 67.4 Å². The molecule has 2 aromatic heterocycles. The Morgan fingerprint density at radius 3 is 3.03 bits per heavy atom. The van der Waals surface area contributed by atoms with Gasteiger partial charge in [0.1, 0.15) is 10.8 Å². The number of thiazole rings is 1. The summed E-state index contributed by atoms with van der Waals surface area (Å²) >= 11 is 7.83. The molecule has 6 nitrogen and oxygen atoms in total. The van der Waals surface area contributed by atoms with Gasteiger partial charge < -0.3 is 10.1 Å². The third-order valence-electron chi connectivity index (χ3n) is 5.34. The number of nitrogens with zero attached hydrogens (tertiary/aromatic N) is 3. The number of rotatable bonds is 7. The Morgan fingerprint density at radius 1 is 1.41 bits per heavy atom. The third-order valence-corrected chi connectivity index (χ3v) is 6.61. The Morgan fingerprint density at radius 2 is 2.28 bits per heavy atom. The summed E-state index contributed by atoms with van der Waals surface area (Å²) in [6, 6.07) is 8.05. The quantitative estimate of drug-likeness (QED) is 0.558. The summed E-state index contributed by atoms with van der Waals surface area (Å²) in [4.78, 5) is 23.4. The number of hydrogen-bond acceptors (Lipinski definition) is 6. The van der Waals surface area contributed by atoms with Crippen LogP contribution in [0, 0.1) is 5.82 Å². The maximum absolute atomic E-state index is 14.7. The van der Waals surface area contributed by atoms with Crippen molar-refractivity contribution >= 4 is 28.8 Å². The van der Waals surface area contributed by atoms with Gasteiger partial charge in [0.15, 0.2) is 0 Å². The first kappa shape index (κ1) is 22.8. The molecule has 0 radical (unpaired) electrons. The Kier molecular flexibility index (Phi) is 7.47. The van der Waals surface area contributed by atoms with Gasteiger partial charge >= 0.3 is 0 Å². The average Bonchev–Trinajstić information content (AvgIpc) is 3.25. The molecule has 2 atom stereocenters. The van der Waals surface area contributed by atoms with Crippen LogP contribution in [0.3, 0.4) is 0 Å². The van der Waals surface area contributed by atoms with E-state index < -0.39 is 0 Å². The lowest BCUT2D eigenvalue weighted by Gasteiger charge is -2.38. The highest BCUT2D eigenvalue weighted by Gasteiger charge is 2.29. The van der Waals surface area contributed by atoms with Gasteiger partial charge in [0, 0.05) is 53.6 Å². The van der Waals surface area contributed by atoms with Crippen molar-refractivity contribution in [1.29, 1.82) is 0 Å². The van der Waals surface area contributed by atoms with E-state index >= 15 is 0 Å². The molecule has 0 aliphatic carbocycles. The standard InChI is InChI=1S/C23H24ClFN4O2S/c1-15-13-29(8-9-31-15)20(22-18(24)5-2-6-19(22)25)12-27-21(30)10-17-14-32-23(28-17)16-4-3-7-26-11-16/h2-7,11,14-15,20H,8-10,12-13H2,1H3,(H,27,30). The summed E-state index contributed by atoms with van der Waals surface area (Å²) in [7, 11) is 0. The number of morpholine rings is 1. The maximum Gasteiger partial charge on any atom is 0.226 e. The molecule has 1 aromatic carbocycles. The fraction of sp³-hybridized carbons (Fsp3) is 0.348. The van der Waals surface area contributed by atoms with Gasteiger partial charge in [0.05, 0.1) is 30.9 Å². The highest BCUT2D eigenvalue weighted by Crippen LogP contribution is 2.31. The summed E-state index contributed by atoms with van der Waals surface area (Å²) in [6.07, 6.45) is 3.62. The number of hydrogen-bond donors (Lipinski definition) is 1. The van der Waals surface area contributed by atoms with E-state index in [-0.39, 0.29) is 36.8 Å². The van der Waals surface area contributed by atoms with Crippen LogP contribution in [0.15, 0.2) is 48.1 Å². The van der Waals surface area contributed by atoms with E-state index in [1.165, 1.54) is 17.4 Å². The highest BCUT2D eigenvalue weighted by atomic mass is 35.5. The van der Waals surface area contributed by atoms with E-state index in [9.17, 15) is 9.18 Å². The van der Waals surface area contributed by atoms with Gasteiger partial charge in [-0.1, -0.05) is 17.7 Å². The number of pyridine rings is 1. The molecule has 0 bridgehead atoms. The molecule has 9 heteroatoms. The molecule has 168 valence electrons. The minimum Gasteiger partial charge on any atom is -0.376 e. The highest BCUT2D eigenvalue weighted by molar-refractivity contribution is 7.13. The Labute approximate surface area is 195 Å². The van der Waals surface area contributed by atoms with Crippen LogP contribution >= 0.6 is 22.9 Å². The molecule has 1 aliphatic rings. The first-order chi connectivity index (χ1) is 15.5. The van der Waals surface area contributed by atoms with Crippen molar-refractivity contribution in [3.8, 4) is 10.6 Å². The van der Waals surface area contributed by atoms with Crippen LogP contribution in [-0.4, -0.2) is 53.1 Å². The summed E-state index contributed by atoms with van der Waals surface area (Å²) in [5.41, 5.74) is 2.00. The lowest BCUT2D eigenvalue weighted by Crippen LogP contribution is -2.47. The molecular formula is C23H24ClFN4O2S. The molecule has 3 heterocycles. The van der Waals surface area contributed by atoms with Crippen molar-refractivity contribution in [2.24, 2.45) is 0 Å². The van der Waals surface area contributed by atoms with Gasteiger partial charge in [0.2, 0.25) is 5.91 Å². The van der Waals surface area contributed by atoms with Crippen LogP contribution in [0.1, 0.15) is 24.2 Å². The minimum atomic E-state index is -0.389. The second-order valence-corrected chi connectivity index (χ2v) is 8.96. The number of carbonyl (C=O) groups excluding carboxylic acids is 1. The van der Waals surface area contributed by atoms with Gasteiger partial charge in [-0.2, -0.15) is 0 Å². The van der Waals surface area contributed by atoms with Crippen LogP contribution in [0.2, 0.25) is 5.02 Å². The predicted molar refractivity (Wildman–Crippen MR) is 123 cm³/mol. The molecule has 4 rings (SSSR count). The van der Waals surface area contributed by atoms with Crippen molar-refractivity contribution in [3.63, 3.8) is 0 Å². The van der Waals surface area contributed by atoms with E-state index in [0.29, 0.717) is 36.0 Å². The SMILES string of the molecule is CC1CN(C(CNC(=O)Cc2csc(-c3cccnc3)n2)c2c(F)cccc2Cl)CCO1. The Balaban J connectivity index is 1.45. The van der Waals surface area contributed by atoms with Crippen molar-refractivity contribution < 1.29 is 13.9 Å². The first-order valence-electron chi connectivity index (χ1n) is 10.4. The summed E-state index contributed by atoms with van der Waals surface area (Å²) < 4.78 is 20.3. The minimum absolute atomic E-state index is 0.0217. The third kappa shape index (κ3) is 5.50. The number of aromatic nitrogens is 2. The van der Waals surface area contributed by atoms with Crippen LogP contribution in [-0.2, 0) is 16.0 Å². The van der Waals surface area contributed by atoms with E-state index in [4.69, 9.17) is 16.3 Å². The number of benzene rings is 1. The van der Waals surface area contributed by atoms with Crippen LogP contribution in [0.25, 0.3) is 10.6 Å². The average molecular weight is 475 g/mol. The Hall–Kier alpha value is -2.39. The van der Waals surface area contributed by atoms with Gasteiger partial charge in [-0.15, -0.1) is 11.3 Å². The molecule has 0 spiro atoms. The van der Waals surface area contributed by atoms with Gasteiger partial charge in [-0.25, -0.2) is 9.37 Å². The number of carbonyl (C=O) groups is 1. The Bertz CT molecular complexity index is 1040. The number of nitrogens with one attached hydrogen (secondary N) is 1. The zero-order chi connectivity index (χ0) is 22.5.